The summed E-state index contributed by atoms with van der Waals surface area (Å²) in [6, 6.07) is 13.0. The Bertz CT molecular complexity index is 897. The van der Waals surface area contributed by atoms with Crippen LogP contribution < -0.4 is 9.64 Å². The van der Waals surface area contributed by atoms with Gasteiger partial charge in [-0.15, -0.1) is 0 Å². The summed E-state index contributed by atoms with van der Waals surface area (Å²) in [4.78, 5) is 14.7. The summed E-state index contributed by atoms with van der Waals surface area (Å²) < 4.78 is 5.92. The van der Waals surface area contributed by atoms with Gasteiger partial charge < -0.3 is 14.5 Å². The molecule has 152 valence electrons. The highest BCUT2D eigenvalue weighted by molar-refractivity contribution is 8.14. The van der Waals surface area contributed by atoms with Crippen LogP contribution in [0.25, 0.3) is 0 Å². The maximum Gasteiger partial charge on any atom is 0.160 e. The maximum atomic E-state index is 5.92. The third-order valence-electron chi connectivity index (χ3n) is 6.14. The van der Waals surface area contributed by atoms with Crippen LogP contribution in [0.5, 0.6) is 5.75 Å². The van der Waals surface area contributed by atoms with Crippen LogP contribution in [0.15, 0.2) is 47.6 Å². The summed E-state index contributed by atoms with van der Waals surface area (Å²) in [6.45, 7) is 5.55. The van der Waals surface area contributed by atoms with E-state index in [0.717, 1.165) is 36.2 Å². The number of aromatic nitrogens is 1. The van der Waals surface area contributed by atoms with Crippen LogP contribution in [0.3, 0.4) is 0 Å². The highest BCUT2D eigenvalue weighted by atomic mass is 32.2. The van der Waals surface area contributed by atoms with E-state index in [1.54, 1.807) is 7.11 Å². The van der Waals surface area contributed by atoms with Gasteiger partial charge in [0.15, 0.2) is 5.17 Å². The molecule has 0 aliphatic carbocycles. The second-order valence-electron chi connectivity index (χ2n) is 8.11. The van der Waals surface area contributed by atoms with Gasteiger partial charge in [0.05, 0.1) is 18.8 Å². The Balaban J connectivity index is 1.53. The van der Waals surface area contributed by atoms with E-state index in [4.69, 9.17) is 9.73 Å². The number of benzene rings is 1. The molecule has 29 heavy (non-hydrogen) atoms. The Morgan fingerprint density at radius 3 is 2.72 bits per heavy atom. The van der Waals surface area contributed by atoms with Gasteiger partial charge in [-0.3, -0.25) is 9.98 Å². The first-order valence-corrected chi connectivity index (χ1v) is 11.5. The van der Waals surface area contributed by atoms with Crippen molar-refractivity contribution in [2.24, 2.45) is 4.99 Å². The first-order valence-electron chi connectivity index (χ1n) is 10.6. The third-order valence-corrected chi connectivity index (χ3v) is 7.24. The quantitative estimate of drug-likeness (QED) is 0.735. The third kappa shape index (κ3) is 3.48. The molecule has 1 aromatic carbocycles. The molecule has 1 aromatic heterocycles. The fourth-order valence-corrected chi connectivity index (χ4v) is 5.84. The van der Waals surface area contributed by atoms with Crippen LogP contribution in [0.2, 0.25) is 0 Å². The normalized spacial score (nSPS) is 26.4. The van der Waals surface area contributed by atoms with Crippen LogP contribution >= 0.6 is 11.8 Å². The first-order chi connectivity index (χ1) is 14.2. The van der Waals surface area contributed by atoms with Crippen molar-refractivity contribution in [2.75, 3.05) is 31.6 Å². The van der Waals surface area contributed by atoms with Gasteiger partial charge in [0.1, 0.15) is 11.8 Å². The Labute approximate surface area is 177 Å². The number of methoxy groups -OCH3 is 1. The van der Waals surface area contributed by atoms with Gasteiger partial charge in [-0.1, -0.05) is 30.8 Å². The minimum Gasteiger partial charge on any atom is -0.496 e. The SMILES string of the molecule is COc1cc(N2CCCCC2)ccc1[C@H]1[C@@H](c2ccccn2)N=C2S[C@@H](C)CN21. The summed E-state index contributed by atoms with van der Waals surface area (Å²) in [5.41, 5.74) is 3.50. The number of anilines is 1. The number of piperidine rings is 1. The van der Waals surface area contributed by atoms with Gasteiger partial charge in [-0.05, 0) is 37.5 Å². The molecule has 0 radical (unpaired) electrons. The summed E-state index contributed by atoms with van der Waals surface area (Å²) in [5.74, 6) is 0.958. The van der Waals surface area contributed by atoms with Crippen molar-refractivity contribution in [3.8, 4) is 5.75 Å². The summed E-state index contributed by atoms with van der Waals surface area (Å²) in [5, 5.41) is 1.69. The molecule has 0 saturated carbocycles. The lowest BCUT2D eigenvalue weighted by Crippen LogP contribution is -2.30. The minimum atomic E-state index is 0.000867. The summed E-state index contributed by atoms with van der Waals surface area (Å²) in [7, 11) is 1.78. The van der Waals surface area contributed by atoms with E-state index in [9.17, 15) is 0 Å². The predicted octanol–water partition coefficient (Wildman–Crippen LogP) is 4.67. The van der Waals surface area contributed by atoms with Crippen molar-refractivity contribution in [2.45, 2.75) is 43.5 Å². The first kappa shape index (κ1) is 18.8. The minimum absolute atomic E-state index is 0.000867. The lowest BCUT2D eigenvalue weighted by Gasteiger charge is -2.31. The molecule has 3 aliphatic heterocycles. The molecule has 3 aliphatic rings. The zero-order valence-corrected chi connectivity index (χ0v) is 17.9. The molecule has 5 rings (SSSR count). The number of amidine groups is 1. The van der Waals surface area contributed by atoms with Gasteiger partial charge in [0, 0.05) is 48.4 Å². The molecular formula is C23H28N4OS. The molecule has 0 unspecified atom stereocenters. The van der Waals surface area contributed by atoms with Crippen LogP contribution in [0, 0.1) is 0 Å². The monoisotopic (exact) mass is 408 g/mol. The zero-order valence-electron chi connectivity index (χ0n) is 17.1. The van der Waals surface area contributed by atoms with Crippen molar-refractivity contribution in [3.63, 3.8) is 0 Å². The van der Waals surface area contributed by atoms with E-state index in [-0.39, 0.29) is 12.1 Å². The number of rotatable bonds is 4. The van der Waals surface area contributed by atoms with Crippen molar-refractivity contribution < 1.29 is 4.74 Å². The molecular weight excluding hydrogens is 380 g/mol. The zero-order chi connectivity index (χ0) is 19.8. The summed E-state index contributed by atoms with van der Waals surface area (Å²) >= 11 is 1.87. The van der Waals surface area contributed by atoms with Crippen molar-refractivity contribution in [1.82, 2.24) is 9.88 Å². The van der Waals surface area contributed by atoms with Gasteiger partial charge >= 0.3 is 0 Å². The number of hydrogen-bond donors (Lipinski definition) is 0. The van der Waals surface area contributed by atoms with E-state index in [1.807, 2.05) is 24.0 Å². The second-order valence-corrected chi connectivity index (χ2v) is 9.52. The number of pyridine rings is 1. The topological polar surface area (TPSA) is 41.0 Å². The molecule has 2 saturated heterocycles. The highest BCUT2D eigenvalue weighted by Crippen LogP contribution is 2.50. The van der Waals surface area contributed by atoms with Crippen LogP contribution in [-0.4, -0.2) is 47.0 Å². The average molecular weight is 409 g/mol. The molecule has 2 fully saturated rings. The number of hydrogen-bond acceptors (Lipinski definition) is 6. The highest BCUT2D eigenvalue weighted by Gasteiger charge is 2.44. The maximum absolute atomic E-state index is 5.92. The smallest absolute Gasteiger partial charge is 0.160 e. The molecule has 0 N–H and O–H groups in total. The lowest BCUT2D eigenvalue weighted by molar-refractivity contribution is 0.307. The molecule has 3 atom stereocenters. The van der Waals surface area contributed by atoms with Crippen molar-refractivity contribution >= 4 is 22.6 Å². The van der Waals surface area contributed by atoms with E-state index < -0.39 is 0 Å². The van der Waals surface area contributed by atoms with Crippen LogP contribution in [0.1, 0.15) is 49.5 Å². The van der Waals surface area contributed by atoms with E-state index >= 15 is 0 Å². The number of aliphatic imine (C=N–C) groups is 1. The Kier molecular flexibility index (Phi) is 5.12. The average Bonchev–Trinajstić information content (AvgIpc) is 3.30. The van der Waals surface area contributed by atoms with Gasteiger partial charge in [0.25, 0.3) is 0 Å². The van der Waals surface area contributed by atoms with E-state index in [2.05, 4.69) is 52.0 Å². The summed E-state index contributed by atoms with van der Waals surface area (Å²) in [6.07, 6.45) is 5.75. The largest absolute Gasteiger partial charge is 0.496 e. The van der Waals surface area contributed by atoms with Gasteiger partial charge in [-0.25, -0.2) is 0 Å². The number of nitrogens with zero attached hydrogens (tertiary/aromatic N) is 4. The Morgan fingerprint density at radius 1 is 1.10 bits per heavy atom. The molecule has 0 bridgehead atoms. The predicted molar refractivity (Wildman–Crippen MR) is 120 cm³/mol. The number of ether oxygens (including phenoxy) is 1. The Hall–Kier alpha value is -2.21. The molecule has 0 spiro atoms. The van der Waals surface area contributed by atoms with Crippen LogP contribution in [0.4, 0.5) is 5.69 Å². The van der Waals surface area contributed by atoms with Crippen LogP contribution in [-0.2, 0) is 0 Å². The van der Waals surface area contributed by atoms with Gasteiger partial charge in [-0.2, -0.15) is 0 Å². The van der Waals surface area contributed by atoms with Gasteiger partial charge in [0.2, 0.25) is 0 Å². The molecule has 6 heteroatoms. The molecule has 0 amide bonds. The van der Waals surface area contributed by atoms with E-state index in [1.165, 1.54) is 30.5 Å². The standard InChI is InChI=1S/C23H28N4OS/c1-16-15-27-22(21(25-23(27)29-16)19-8-4-5-11-24-19)18-10-9-17(14-20(18)28-2)26-12-6-3-7-13-26/h4-5,8-11,14,16,21-22H,3,6-7,12-13,15H2,1-2H3/t16-,21+,22-/m0/s1. The molecule has 5 nitrogen and oxygen atoms in total. The lowest BCUT2D eigenvalue weighted by atomic mass is 9.95. The number of thioether (sulfide) groups is 1. The molecule has 2 aromatic rings. The van der Waals surface area contributed by atoms with E-state index in [0.29, 0.717) is 5.25 Å². The number of fused-ring (bicyclic) bond motifs is 1. The fraction of sp³-hybridized carbons (Fsp3) is 0.478. The van der Waals surface area contributed by atoms with Crippen molar-refractivity contribution in [3.05, 3.63) is 53.9 Å². The molecule has 4 heterocycles. The fourth-order valence-electron chi connectivity index (χ4n) is 4.75. The van der Waals surface area contributed by atoms with Crippen molar-refractivity contribution in [1.29, 1.82) is 0 Å². The Morgan fingerprint density at radius 2 is 1.97 bits per heavy atom. The second kappa shape index (κ2) is 7.90.